The summed E-state index contributed by atoms with van der Waals surface area (Å²) in [6, 6.07) is 31.1. The van der Waals surface area contributed by atoms with E-state index >= 15 is 0 Å². The zero-order valence-electron chi connectivity index (χ0n) is 26.0. The first-order valence-corrected chi connectivity index (χ1v) is 15.9. The van der Waals surface area contributed by atoms with Crippen LogP contribution in [0.2, 0.25) is 0 Å². The van der Waals surface area contributed by atoms with Crippen LogP contribution in [-0.4, -0.2) is 74.8 Å². The summed E-state index contributed by atoms with van der Waals surface area (Å²) in [5.74, 6) is 0. The Morgan fingerprint density at radius 3 is 1.04 bits per heavy atom. The van der Waals surface area contributed by atoms with Crippen molar-refractivity contribution in [1.82, 2.24) is 51.4 Å². The molecular formula is C36H42N10. The van der Waals surface area contributed by atoms with Gasteiger partial charge in [0.1, 0.15) is 0 Å². The molecule has 6 rings (SSSR count). The predicted molar refractivity (Wildman–Crippen MR) is 184 cm³/mol. The second-order valence-corrected chi connectivity index (χ2v) is 11.3. The fourth-order valence-electron chi connectivity index (χ4n) is 5.62. The molecule has 6 N–H and O–H groups in total. The van der Waals surface area contributed by atoms with Crippen molar-refractivity contribution in [3.05, 3.63) is 126 Å². The lowest BCUT2D eigenvalue weighted by molar-refractivity contribution is 0.271. The zero-order chi connectivity index (χ0) is 31.2. The number of rotatable bonds is 18. The fraction of sp³-hybridized carbons (Fsp3) is 0.250. The van der Waals surface area contributed by atoms with Gasteiger partial charge in [-0.3, -0.25) is 20.2 Å². The smallest absolute Gasteiger partial charge is 0.0695 e. The Morgan fingerprint density at radius 2 is 0.739 bits per heavy atom. The molecule has 0 amide bonds. The molecule has 0 aliphatic carbocycles. The van der Waals surface area contributed by atoms with Gasteiger partial charge in [-0.1, -0.05) is 91.0 Å². The fourth-order valence-corrected chi connectivity index (χ4v) is 5.62. The Hall–Kier alpha value is -4.87. The quantitative estimate of drug-likeness (QED) is 0.0767. The molecule has 0 saturated carbocycles. The first kappa shape index (κ1) is 31.1. The van der Waals surface area contributed by atoms with E-state index in [0.29, 0.717) is 0 Å². The molecule has 0 fully saturated rings. The SMILES string of the molecule is c1ccc(-c2[nH]ncc2CNCCN(CCNCc2cn[nH]c2-c2ccccc2)CCNCc2cn[nH]c2-c2ccccc2)cc1. The van der Waals surface area contributed by atoms with Crippen LogP contribution in [0.3, 0.4) is 0 Å². The molecule has 0 bridgehead atoms. The van der Waals surface area contributed by atoms with Crippen LogP contribution >= 0.6 is 0 Å². The molecule has 10 nitrogen and oxygen atoms in total. The molecule has 10 heteroatoms. The van der Waals surface area contributed by atoms with E-state index in [0.717, 1.165) is 92.7 Å². The highest BCUT2D eigenvalue weighted by molar-refractivity contribution is 5.63. The molecule has 46 heavy (non-hydrogen) atoms. The van der Waals surface area contributed by atoms with Crippen LogP contribution in [0.5, 0.6) is 0 Å². The van der Waals surface area contributed by atoms with E-state index in [1.54, 1.807) is 0 Å². The second kappa shape index (κ2) is 16.4. The van der Waals surface area contributed by atoms with Gasteiger partial charge >= 0.3 is 0 Å². The second-order valence-electron chi connectivity index (χ2n) is 11.3. The monoisotopic (exact) mass is 614 g/mol. The van der Waals surface area contributed by atoms with Gasteiger partial charge < -0.3 is 16.0 Å². The standard InChI is InChI=1S/C36H42N10/c1-4-10-28(11-5-1)34-31(25-40-43-34)22-37-16-19-46(20-17-38-23-32-26-41-44-35(32)29-12-6-2-7-13-29)21-18-39-24-33-27-42-45-36(33)30-14-8-3-9-15-30/h1-15,25-27,37-39H,16-24H2,(H,40,43)(H,41,44)(H,42,45). The van der Waals surface area contributed by atoms with E-state index in [-0.39, 0.29) is 0 Å². The molecule has 0 radical (unpaired) electrons. The van der Waals surface area contributed by atoms with E-state index < -0.39 is 0 Å². The van der Waals surface area contributed by atoms with E-state index in [4.69, 9.17) is 0 Å². The summed E-state index contributed by atoms with van der Waals surface area (Å²) in [6.45, 7) is 7.71. The lowest BCUT2D eigenvalue weighted by Gasteiger charge is -2.23. The van der Waals surface area contributed by atoms with Gasteiger partial charge in [0, 0.05) is 75.6 Å². The molecule has 236 valence electrons. The summed E-state index contributed by atoms with van der Waals surface area (Å²) in [5.41, 5.74) is 10.2. The third-order valence-electron chi connectivity index (χ3n) is 8.10. The molecule has 6 aromatic rings. The topological polar surface area (TPSA) is 125 Å². The normalized spacial score (nSPS) is 11.4. The molecule has 3 heterocycles. The molecule has 3 aromatic carbocycles. The van der Waals surface area contributed by atoms with Crippen molar-refractivity contribution in [3.8, 4) is 33.8 Å². The molecule has 0 aliphatic heterocycles. The van der Waals surface area contributed by atoms with Crippen molar-refractivity contribution >= 4 is 0 Å². The van der Waals surface area contributed by atoms with Gasteiger partial charge in [0.05, 0.1) is 35.7 Å². The molecule has 0 saturated heterocycles. The summed E-state index contributed by atoms with van der Waals surface area (Å²) in [5, 5.41) is 33.3. The summed E-state index contributed by atoms with van der Waals surface area (Å²) < 4.78 is 0. The molecule has 0 spiro atoms. The van der Waals surface area contributed by atoms with Crippen molar-refractivity contribution in [2.45, 2.75) is 19.6 Å². The Balaban J connectivity index is 1.00. The summed E-state index contributed by atoms with van der Waals surface area (Å²) in [7, 11) is 0. The minimum absolute atomic E-state index is 0.760. The van der Waals surface area contributed by atoms with Gasteiger partial charge in [-0.15, -0.1) is 0 Å². The van der Waals surface area contributed by atoms with Crippen LogP contribution in [0.15, 0.2) is 110 Å². The zero-order valence-corrected chi connectivity index (χ0v) is 26.0. The number of H-pyrrole nitrogens is 3. The van der Waals surface area contributed by atoms with E-state index in [1.807, 2.05) is 36.8 Å². The van der Waals surface area contributed by atoms with Crippen LogP contribution in [0.25, 0.3) is 33.8 Å². The van der Waals surface area contributed by atoms with Crippen molar-refractivity contribution < 1.29 is 0 Å². The highest BCUT2D eigenvalue weighted by Crippen LogP contribution is 2.22. The van der Waals surface area contributed by atoms with Crippen LogP contribution < -0.4 is 16.0 Å². The Kier molecular flexibility index (Phi) is 11.1. The highest BCUT2D eigenvalue weighted by atomic mass is 15.2. The van der Waals surface area contributed by atoms with Crippen LogP contribution in [0.4, 0.5) is 0 Å². The van der Waals surface area contributed by atoms with Crippen molar-refractivity contribution in [1.29, 1.82) is 0 Å². The number of hydrogen-bond donors (Lipinski definition) is 6. The number of aromatic amines is 3. The lowest BCUT2D eigenvalue weighted by Crippen LogP contribution is -2.40. The van der Waals surface area contributed by atoms with E-state index in [2.05, 4.69) is 124 Å². The number of nitrogens with one attached hydrogen (secondary N) is 6. The Labute approximate surface area is 270 Å². The third-order valence-corrected chi connectivity index (χ3v) is 8.10. The average Bonchev–Trinajstić information content (AvgIpc) is 3.89. The molecule has 0 aliphatic rings. The van der Waals surface area contributed by atoms with E-state index in [1.165, 1.54) is 16.7 Å². The molecule has 0 atom stereocenters. The molecule has 3 aromatic heterocycles. The number of aromatic nitrogens is 6. The van der Waals surface area contributed by atoms with Crippen LogP contribution in [-0.2, 0) is 19.6 Å². The maximum Gasteiger partial charge on any atom is 0.0695 e. The maximum absolute atomic E-state index is 4.30. The lowest BCUT2D eigenvalue weighted by atomic mass is 10.1. The van der Waals surface area contributed by atoms with Gasteiger partial charge in [-0.2, -0.15) is 15.3 Å². The van der Waals surface area contributed by atoms with Crippen molar-refractivity contribution in [2.75, 3.05) is 39.3 Å². The third kappa shape index (κ3) is 8.43. The summed E-state index contributed by atoms with van der Waals surface area (Å²) in [4.78, 5) is 2.50. The van der Waals surface area contributed by atoms with Crippen LogP contribution in [0, 0.1) is 0 Å². The summed E-state index contributed by atoms with van der Waals surface area (Å²) >= 11 is 0. The first-order valence-electron chi connectivity index (χ1n) is 15.9. The maximum atomic E-state index is 4.30. The van der Waals surface area contributed by atoms with Crippen molar-refractivity contribution in [2.24, 2.45) is 0 Å². The largest absolute Gasteiger partial charge is 0.311 e. The van der Waals surface area contributed by atoms with E-state index in [9.17, 15) is 0 Å². The first-order chi connectivity index (χ1) is 22.8. The Morgan fingerprint density at radius 1 is 0.435 bits per heavy atom. The van der Waals surface area contributed by atoms with Crippen molar-refractivity contribution in [3.63, 3.8) is 0 Å². The molecular weight excluding hydrogens is 572 g/mol. The summed E-state index contributed by atoms with van der Waals surface area (Å²) in [6.07, 6.45) is 5.75. The van der Waals surface area contributed by atoms with Gasteiger partial charge in [-0.25, -0.2) is 0 Å². The average molecular weight is 615 g/mol. The number of hydrogen-bond acceptors (Lipinski definition) is 7. The van der Waals surface area contributed by atoms with Crippen LogP contribution in [0.1, 0.15) is 16.7 Å². The minimum Gasteiger partial charge on any atom is -0.311 e. The Bertz CT molecular complexity index is 1510. The minimum atomic E-state index is 0.760. The van der Waals surface area contributed by atoms with Gasteiger partial charge in [0.15, 0.2) is 0 Å². The number of benzene rings is 3. The molecule has 0 unspecified atom stereocenters. The number of nitrogens with zero attached hydrogens (tertiary/aromatic N) is 4. The van der Waals surface area contributed by atoms with Gasteiger partial charge in [0.25, 0.3) is 0 Å². The van der Waals surface area contributed by atoms with Gasteiger partial charge in [0.2, 0.25) is 0 Å². The van der Waals surface area contributed by atoms with Gasteiger partial charge in [-0.05, 0) is 16.7 Å². The highest BCUT2D eigenvalue weighted by Gasteiger charge is 2.11. The predicted octanol–water partition coefficient (Wildman–Crippen LogP) is 4.83.